The van der Waals surface area contributed by atoms with Crippen LogP contribution in [0, 0.1) is 0 Å². The SMILES string of the molecule is ClCCN1CCCN(CCN2CCOCC2)CC1. The van der Waals surface area contributed by atoms with Gasteiger partial charge in [-0.15, -0.1) is 11.6 Å². The van der Waals surface area contributed by atoms with Gasteiger partial charge in [0.25, 0.3) is 0 Å². The van der Waals surface area contributed by atoms with Crippen molar-refractivity contribution in [3.63, 3.8) is 0 Å². The minimum atomic E-state index is 0.758. The van der Waals surface area contributed by atoms with E-state index in [0.29, 0.717) is 0 Å². The lowest BCUT2D eigenvalue weighted by molar-refractivity contribution is 0.0335. The van der Waals surface area contributed by atoms with Gasteiger partial charge in [0.1, 0.15) is 0 Å². The third-order valence-electron chi connectivity index (χ3n) is 3.92. The van der Waals surface area contributed by atoms with Crippen molar-refractivity contribution in [2.75, 3.05) is 78.0 Å². The Morgan fingerprint density at radius 1 is 0.722 bits per heavy atom. The fraction of sp³-hybridized carbons (Fsp3) is 1.00. The lowest BCUT2D eigenvalue weighted by Gasteiger charge is -2.29. The molecule has 2 saturated heterocycles. The number of hydrogen-bond donors (Lipinski definition) is 0. The van der Waals surface area contributed by atoms with Crippen molar-refractivity contribution in [2.24, 2.45) is 0 Å². The molecule has 0 spiro atoms. The van der Waals surface area contributed by atoms with Crippen LogP contribution in [0.15, 0.2) is 0 Å². The molecule has 0 atom stereocenters. The second-order valence-corrected chi connectivity index (χ2v) is 5.56. The van der Waals surface area contributed by atoms with Gasteiger partial charge in [-0.25, -0.2) is 0 Å². The summed E-state index contributed by atoms with van der Waals surface area (Å²) in [6, 6.07) is 0. The maximum atomic E-state index is 5.81. The molecule has 2 heterocycles. The van der Waals surface area contributed by atoms with E-state index in [1.807, 2.05) is 0 Å². The Morgan fingerprint density at radius 2 is 1.28 bits per heavy atom. The molecule has 0 radical (unpaired) electrons. The zero-order valence-electron chi connectivity index (χ0n) is 11.3. The minimum absolute atomic E-state index is 0.758. The average Bonchev–Trinajstić information content (AvgIpc) is 2.64. The summed E-state index contributed by atoms with van der Waals surface area (Å²) in [6.07, 6.45) is 1.28. The molecule has 0 aromatic carbocycles. The monoisotopic (exact) mass is 275 g/mol. The van der Waals surface area contributed by atoms with Crippen LogP contribution in [0.25, 0.3) is 0 Å². The molecular weight excluding hydrogens is 250 g/mol. The van der Waals surface area contributed by atoms with E-state index >= 15 is 0 Å². The van der Waals surface area contributed by atoms with Crippen molar-refractivity contribution >= 4 is 11.6 Å². The van der Waals surface area contributed by atoms with Gasteiger partial charge in [-0.3, -0.25) is 4.90 Å². The smallest absolute Gasteiger partial charge is 0.0594 e. The Morgan fingerprint density at radius 3 is 1.89 bits per heavy atom. The number of hydrogen-bond acceptors (Lipinski definition) is 4. The number of halogens is 1. The molecule has 0 unspecified atom stereocenters. The Bertz CT molecular complexity index is 224. The summed E-state index contributed by atoms with van der Waals surface area (Å²) in [7, 11) is 0. The molecule has 0 aliphatic carbocycles. The van der Waals surface area contributed by atoms with Crippen LogP contribution in [0.1, 0.15) is 6.42 Å². The van der Waals surface area contributed by atoms with Crippen molar-refractivity contribution in [3.8, 4) is 0 Å². The molecular formula is C13H26ClN3O. The summed E-state index contributed by atoms with van der Waals surface area (Å²) >= 11 is 5.81. The highest BCUT2D eigenvalue weighted by molar-refractivity contribution is 6.18. The van der Waals surface area contributed by atoms with Crippen LogP contribution >= 0.6 is 11.6 Å². The highest BCUT2D eigenvalue weighted by atomic mass is 35.5. The topological polar surface area (TPSA) is 19.0 Å². The Hall–Kier alpha value is 0.130. The second kappa shape index (κ2) is 8.33. The van der Waals surface area contributed by atoms with Gasteiger partial charge >= 0.3 is 0 Å². The molecule has 4 nitrogen and oxygen atoms in total. The van der Waals surface area contributed by atoms with Crippen molar-refractivity contribution in [1.82, 2.24) is 14.7 Å². The third-order valence-corrected chi connectivity index (χ3v) is 4.09. The number of ether oxygens (including phenoxy) is 1. The molecule has 2 fully saturated rings. The van der Waals surface area contributed by atoms with Crippen molar-refractivity contribution in [2.45, 2.75) is 6.42 Å². The van der Waals surface area contributed by atoms with E-state index in [1.165, 1.54) is 45.7 Å². The minimum Gasteiger partial charge on any atom is -0.379 e. The largest absolute Gasteiger partial charge is 0.379 e. The molecule has 0 saturated carbocycles. The maximum Gasteiger partial charge on any atom is 0.0594 e. The molecule has 0 bridgehead atoms. The standard InChI is InChI=1S/C13H26ClN3O/c14-2-5-15-3-1-4-16(7-6-15)8-9-17-10-12-18-13-11-17/h1-13H2. The van der Waals surface area contributed by atoms with Crippen molar-refractivity contribution in [3.05, 3.63) is 0 Å². The predicted molar refractivity (Wildman–Crippen MR) is 75.5 cm³/mol. The fourth-order valence-electron chi connectivity index (χ4n) is 2.70. The number of rotatable bonds is 5. The predicted octanol–water partition coefficient (Wildman–Crippen LogP) is 0.565. The number of nitrogens with zero attached hydrogens (tertiary/aromatic N) is 3. The highest BCUT2D eigenvalue weighted by Crippen LogP contribution is 2.04. The van der Waals surface area contributed by atoms with Crippen LogP contribution in [0.3, 0.4) is 0 Å². The van der Waals surface area contributed by atoms with E-state index in [9.17, 15) is 0 Å². The lowest BCUT2D eigenvalue weighted by Crippen LogP contribution is -2.42. The molecule has 2 rings (SSSR count). The zero-order valence-corrected chi connectivity index (χ0v) is 12.1. The van der Waals surface area contributed by atoms with E-state index in [4.69, 9.17) is 16.3 Å². The second-order valence-electron chi connectivity index (χ2n) is 5.18. The normalized spacial score (nSPS) is 25.2. The summed E-state index contributed by atoms with van der Waals surface area (Å²) in [6.45, 7) is 12.3. The molecule has 5 heteroatoms. The van der Waals surface area contributed by atoms with Crippen LogP contribution in [-0.4, -0.2) is 92.7 Å². The third kappa shape index (κ3) is 5.02. The first-order valence-corrected chi connectivity index (χ1v) is 7.73. The molecule has 2 aliphatic rings. The number of morpholine rings is 1. The average molecular weight is 276 g/mol. The van der Waals surface area contributed by atoms with Gasteiger partial charge in [0.2, 0.25) is 0 Å². The van der Waals surface area contributed by atoms with E-state index < -0.39 is 0 Å². The van der Waals surface area contributed by atoms with E-state index in [-0.39, 0.29) is 0 Å². The zero-order chi connectivity index (χ0) is 12.6. The van der Waals surface area contributed by atoms with Gasteiger partial charge in [0.15, 0.2) is 0 Å². The van der Waals surface area contributed by atoms with Gasteiger partial charge in [0, 0.05) is 51.7 Å². The molecule has 0 N–H and O–H groups in total. The first-order chi connectivity index (χ1) is 8.88. The molecule has 106 valence electrons. The van der Waals surface area contributed by atoms with Crippen LogP contribution in [0.2, 0.25) is 0 Å². The van der Waals surface area contributed by atoms with Crippen LogP contribution in [-0.2, 0) is 4.74 Å². The summed E-state index contributed by atoms with van der Waals surface area (Å²) in [5.74, 6) is 0.758. The van der Waals surface area contributed by atoms with Crippen LogP contribution in [0.4, 0.5) is 0 Å². The molecule has 2 aliphatic heterocycles. The Labute approximate surface area is 116 Å². The lowest BCUT2D eigenvalue weighted by atomic mass is 10.3. The molecule has 18 heavy (non-hydrogen) atoms. The van der Waals surface area contributed by atoms with Crippen molar-refractivity contribution in [1.29, 1.82) is 0 Å². The Kier molecular flexibility index (Phi) is 6.73. The Balaban J connectivity index is 1.63. The van der Waals surface area contributed by atoms with E-state index in [2.05, 4.69) is 14.7 Å². The summed E-state index contributed by atoms with van der Waals surface area (Å²) in [4.78, 5) is 7.61. The first-order valence-electron chi connectivity index (χ1n) is 7.19. The number of alkyl halides is 1. The van der Waals surface area contributed by atoms with Crippen LogP contribution in [0.5, 0.6) is 0 Å². The van der Waals surface area contributed by atoms with E-state index in [1.54, 1.807) is 0 Å². The molecule has 0 aromatic rings. The molecule has 0 amide bonds. The molecule has 0 aromatic heterocycles. The van der Waals surface area contributed by atoms with Crippen LogP contribution < -0.4 is 0 Å². The quantitative estimate of drug-likeness (QED) is 0.683. The fourth-order valence-corrected chi connectivity index (χ4v) is 2.94. The van der Waals surface area contributed by atoms with Gasteiger partial charge in [-0.05, 0) is 19.5 Å². The summed E-state index contributed by atoms with van der Waals surface area (Å²) < 4.78 is 5.38. The first kappa shape index (κ1) is 14.5. The van der Waals surface area contributed by atoms with Crippen molar-refractivity contribution < 1.29 is 4.74 Å². The maximum absolute atomic E-state index is 5.81. The van der Waals surface area contributed by atoms with Gasteiger partial charge in [-0.1, -0.05) is 0 Å². The van der Waals surface area contributed by atoms with Gasteiger partial charge in [0.05, 0.1) is 13.2 Å². The summed E-state index contributed by atoms with van der Waals surface area (Å²) in [5, 5.41) is 0. The highest BCUT2D eigenvalue weighted by Gasteiger charge is 2.16. The van der Waals surface area contributed by atoms with Gasteiger partial charge < -0.3 is 14.5 Å². The van der Waals surface area contributed by atoms with E-state index in [0.717, 1.165) is 38.7 Å². The van der Waals surface area contributed by atoms with Gasteiger partial charge in [-0.2, -0.15) is 0 Å². The summed E-state index contributed by atoms with van der Waals surface area (Å²) in [5.41, 5.74) is 0.